The number of aryl methyl sites for hydroxylation is 1. The molecule has 0 bridgehead atoms. The number of carbonyl (C=O) groups excluding carboxylic acids is 1. The maximum Gasteiger partial charge on any atom is 0.220 e. The molecule has 1 rings (SSSR count). The Labute approximate surface area is 104 Å². The molecule has 0 spiro atoms. The number of rotatable bonds is 7. The predicted molar refractivity (Wildman–Crippen MR) is 69.6 cm³/mol. The van der Waals surface area contributed by atoms with E-state index < -0.39 is 0 Å². The van der Waals surface area contributed by atoms with Gasteiger partial charge >= 0.3 is 0 Å². The van der Waals surface area contributed by atoms with Crippen LogP contribution in [0.25, 0.3) is 0 Å². The third-order valence-corrected chi connectivity index (χ3v) is 2.64. The van der Waals surface area contributed by atoms with E-state index in [0.717, 1.165) is 25.8 Å². The topological polar surface area (TPSA) is 42.0 Å². The van der Waals surface area contributed by atoms with Gasteiger partial charge in [-0.2, -0.15) is 0 Å². The van der Waals surface area contributed by atoms with Gasteiger partial charge in [0.25, 0.3) is 0 Å². The molecule has 0 atom stereocenters. The number of amides is 1. The van der Waals surface area contributed by atoms with Gasteiger partial charge in [-0.3, -0.25) is 9.78 Å². The zero-order chi connectivity index (χ0) is 12.5. The Hall–Kier alpha value is -1.38. The highest BCUT2D eigenvalue weighted by Crippen LogP contribution is 2.03. The van der Waals surface area contributed by atoms with Crippen LogP contribution in [-0.2, 0) is 11.2 Å². The first-order valence-electron chi connectivity index (χ1n) is 6.34. The lowest BCUT2D eigenvalue weighted by Crippen LogP contribution is -2.25. The molecular formula is C14H22N2O. The van der Waals surface area contributed by atoms with Gasteiger partial charge < -0.3 is 5.32 Å². The molecule has 0 aliphatic rings. The van der Waals surface area contributed by atoms with Gasteiger partial charge in [-0.25, -0.2) is 0 Å². The first kappa shape index (κ1) is 13.7. The summed E-state index contributed by atoms with van der Waals surface area (Å²) < 4.78 is 0. The summed E-state index contributed by atoms with van der Waals surface area (Å²) in [4.78, 5) is 15.5. The Morgan fingerprint density at radius 3 is 2.94 bits per heavy atom. The van der Waals surface area contributed by atoms with Gasteiger partial charge in [0, 0.05) is 25.4 Å². The highest BCUT2D eigenvalue weighted by atomic mass is 16.1. The van der Waals surface area contributed by atoms with Crippen molar-refractivity contribution in [3.8, 4) is 0 Å². The molecule has 1 aromatic rings. The average molecular weight is 234 g/mol. The van der Waals surface area contributed by atoms with E-state index in [-0.39, 0.29) is 5.91 Å². The minimum Gasteiger partial charge on any atom is -0.356 e. The Bertz CT molecular complexity index is 322. The van der Waals surface area contributed by atoms with E-state index in [1.54, 1.807) is 6.20 Å². The Morgan fingerprint density at radius 1 is 1.47 bits per heavy atom. The van der Waals surface area contributed by atoms with Crippen LogP contribution in [0.3, 0.4) is 0 Å². The molecule has 0 fully saturated rings. The molecule has 3 nitrogen and oxygen atoms in total. The van der Waals surface area contributed by atoms with Gasteiger partial charge in [0.15, 0.2) is 0 Å². The summed E-state index contributed by atoms with van der Waals surface area (Å²) in [6.45, 7) is 5.12. The van der Waals surface area contributed by atoms with E-state index >= 15 is 0 Å². The van der Waals surface area contributed by atoms with Crippen molar-refractivity contribution in [2.24, 2.45) is 5.92 Å². The highest BCUT2D eigenvalue weighted by molar-refractivity contribution is 5.75. The van der Waals surface area contributed by atoms with E-state index in [0.29, 0.717) is 12.3 Å². The quantitative estimate of drug-likeness (QED) is 0.788. The Kier molecular flexibility index (Phi) is 6.30. The molecule has 1 amide bonds. The lowest BCUT2D eigenvalue weighted by molar-refractivity contribution is -0.121. The van der Waals surface area contributed by atoms with Crippen molar-refractivity contribution in [2.45, 2.75) is 39.5 Å². The highest BCUT2D eigenvalue weighted by Gasteiger charge is 2.01. The fourth-order valence-electron chi connectivity index (χ4n) is 1.59. The van der Waals surface area contributed by atoms with E-state index in [4.69, 9.17) is 0 Å². The maximum atomic E-state index is 11.5. The second-order valence-electron chi connectivity index (χ2n) is 4.75. The summed E-state index contributed by atoms with van der Waals surface area (Å²) in [6, 6.07) is 3.97. The molecule has 0 aliphatic carbocycles. The Balaban J connectivity index is 2.08. The molecule has 1 aromatic heterocycles. The van der Waals surface area contributed by atoms with Crippen molar-refractivity contribution in [2.75, 3.05) is 6.54 Å². The molecule has 0 unspecified atom stereocenters. The van der Waals surface area contributed by atoms with Gasteiger partial charge in [0.2, 0.25) is 5.91 Å². The van der Waals surface area contributed by atoms with E-state index in [9.17, 15) is 4.79 Å². The second-order valence-corrected chi connectivity index (χ2v) is 4.75. The van der Waals surface area contributed by atoms with Crippen LogP contribution >= 0.6 is 0 Å². The summed E-state index contributed by atoms with van der Waals surface area (Å²) in [5.74, 6) is 0.806. The number of aromatic nitrogens is 1. The second kappa shape index (κ2) is 7.82. The van der Waals surface area contributed by atoms with Crippen molar-refractivity contribution < 1.29 is 4.79 Å². The molecule has 0 saturated carbocycles. The number of hydrogen-bond acceptors (Lipinski definition) is 2. The molecular weight excluding hydrogens is 212 g/mol. The standard InChI is InChI=1S/C14H22N2O/c1-12(2)8-10-16-14(17)7-3-5-13-6-4-9-15-11-13/h4,6,9,11-12H,3,5,7-8,10H2,1-2H3,(H,16,17). The van der Waals surface area contributed by atoms with Gasteiger partial charge in [-0.1, -0.05) is 19.9 Å². The molecule has 0 radical (unpaired) electrons. The summed E-state index contributed by atoms with van der Waals surface area (Å²) >= 11 is 0. The fourth-order valence-corrected chi connectivity index (χ4v) is 1.59. The van der Waals surface area contributed by atoms with Crippen LogP contribution < -0.4 is 5.32 Å². The van der Waals surface area contributed by atoms with Crippen LogP contribution in [0.4, 0.5) is 0 Å². The van der Waals surface area contributed by atoms with Crippen molar-refractivity contribution in [1.29, 1.82) is 0 Å². The van der Waals surface area contributed by atoms with Crippen molar-refractivity contribution in [1.82, 2.24) is 10.3 Å². The maximum absolute atomic E-state index is 11.5. The molecule has 17 heavy (non-hydrogen) atoms. The van der Waals surface area contributed by atoms with Crippen LogP contribution in [0, 0.1) is 5.92 Å². The number of hydrogen-bond donors (Lipinski definition) is 1. The van der Waals surface area contributed by atoms with Gasteiger partial charge in [0.05, 0.1) is 0 Å². The summed E-state index contributed by atoms with van der Waals surface area (Å²) in [6.07, 6.45) is 7.09. The number of nitrogens with one attached hydrogen (secondary N) is 1. The fraction of sp³-hybridized carbons (Fsp3) is 0.571. The monoisotopic (exact) mass is 234 g/mol. The lowest BCUT2D eigenvalue weighted by Gasteiger charge is -2.07. The number of pyridine rings is 1. The molecule has 3 heteroatoms. The van der Waals surface area contributed by atoms with Crippen LogP contribution in [0.2, 0.25) is 0 Å². The third kappa shape index (κ3) is 6.72. The van der Waals surface area contributed by atoms with Crippen molar-refractivity contribution in [3.63, 3.8) is 0 Å². The van der Waals surface area contributed by atoms with Crippen LogP contribution in [-0.4, -0.2) is 17.4 Å². The van der Waals surface area contributed by atoms with E-state index in [1.807, 2.05) is 18.3 Å². The minimum absolute atomic E-state index is 0.162. The molecule has 0 saturated heterocycles. The van der Waals surface area contributed by atoms with Crippen LogP contribution in [0.5, 0.6) is 0 Å². The minimum atomic E-state index is 0.162. The zero-order valence-corrected chi connectivity index (χ0v) is 10.8. The SMILES string of the molecule is CC(C)CCNC(=O)CCCc1cccnc1. The normalized spacial score (nSPS) is 10.5. The van der Waals surface area contributed by atoms with Crippen LogP contribution in [0.1, 0.15) is 38.7 Å². The zero-order valence-electron chi connectivity index (χ0n) is 10.8. The van der Waals surface area contributed by atoms with Crippen molar-refractivity contribution >= 4 is 5.91 Å². The summed E-state index contributed by atoms with van der Waals surface area (Å²) in [5, 5.41) is 2.95. The smallest absolute Gasteiger partial charge is 0.220 e. The average Bonchev–Trinajstić information content (AvgIpc) is 2.30. The van der Waals surface area contributed by atoms with Gasteiger partial charge in [-0.15, -0.1) is 0 Å². The Morgan fingerprint density at radius 2 is 2.29 bits per heavy atom. The number of nitrogens with zero attached hydrogens (tertiary/aromatic N) is 1. The first-order chi connectivity index (χ1) is 8.18. The molecule has 0 aliphatic heterocycles. The van der Waals surface area contributed by atoms with Gasteiger partial charge in [-0.05, 0) is 36.8 Å². The van der Waals surface area contributed by atoms with E-state index in [2.05, 4.69) is 24.1 Å². The predicted octanol–water partition coefficient (Wildman–Crippen LogP) is 2.57. The van der Waals surface area contributed by atoms with Crippen molar-refractivity contribution in [3.05, 3.63) is 30.1 Å². The molecule has 0 aromatic carbocycles. The molecule has 1 heterocycles. The lowest BCUT2D eigenvalue weighted by atomic mass is 10.1. The van der Waals surface area contributed by atoms with Crippen LogP contribution in [0.15, 0.2) is 24.5 Å². The van der Waals surface area contributed by atoms with E-state index in [1.165, 1.54) is 5.56 Å². The molecule has 94 valence electrons. The third-order valence-electron chi connectivity index (χ3n) is 2.64. The largest absolute Gasteiger partial charge is 0.356 e. The van der Waals surface area contributed by atoms with Gasteiger partial charge in [0.1, 0.15) is 0 Å². The number of carbonyl (C=O) groups is 1. The molecule has 1 N–H and O–H groups in total. The first-order valence-corrected chi connectivity index (χ1v) is 6.34. The summed E-state index contributed by atoms with van der Waals surface area (Å²) in [5.41, 5.74) is 1.20. The summed E-state index contributed by atoms with van der Waals surface area (Å²) in [7, 11) is 0.